The van der Waals surface area contributed by atoms with Crippen LogP contribution >= 0.6 is 15.9 Å². The second kappa shape index (κ2) is 5.37. The number of halogens is 1. The zero-order valence-electron chi connectivity index (χ0n) is 11.8. The second-order valence-corrected chi connectivity index (χ2v) is 7.25. The first-order valence-corrected chi connectivity index (χ1v) is 7.59. The maximum absolute atomic E-state index is 10.3. The summed E-state index contributed by atoms with van der Waals surface area (Å²) in [7, 11) is 0. The largest absolute Gasteiger partial charge is 0.388 e. The number of nitrogens with one attached hydrogen (secondary N) is 1. The van der Waals surface area contributed by atoms with Gasteiger partial charge in [0.1, 0.15) is 16.2 Å². The van der Waals surface area contributed by atoms with Crippen LogP contribution in [0.1, 0.15) is 52.3 Å². The molecule has 0 aliphatic heterocycles. The van der Waals surface area contributed by atoms with Gasteiger partial charge in [0.05, 0.1) is 5.60 Å². The molecule has 106 valence electrons. The predicted molar refractivity (Wildman–Crippen MR) is 80.3 cm³/mol. The third-order valence-corrected chi connectivity index (χ3v) is 3.90. The highest BCUT2D eigenvalue weighted by Crippen LogP contribution is 2.30. The van der Waals surface area contributed by atoms with Crippen LogP contribution in [-0.2, 0) is 5.41 Å². The highest BCUT2D eigenvalue weighted by Gasteiger charge is 2.31. The number of aromatic nitrogens is 2. The zero-order chi connectivity index (χ0) is 14.1. The molecule has 1 fully saturated rings. The molecule has 19 heavy (non-hydrogen) atoms. The van der Waals surface area contributed by atoms with Crippen molar-refractivity contribution in [3.63, 3.8) is 0 Å². The van der Waals surface area contributed by atoms with Gasteiger partial charge in [-0.05, 0) is 28.8 Å². The SMILES string of the molecule is CC(C)(C)c1nc(Br)cc(NCC2(O)CCCC2)n1. The van der Waals surface area contributed by atoms with E-state index in [1.807, 2.05) is 6.07 Å². The van der Waals surface area contributed by atoms with Gasteiger partial charge < -0.3 is 10.4 Å². The van der Waals surface area contributed by atoms with Crippen LogP contribution in [0.2, 0.25) is 0 Å². The van der Waals surface area contributed by atoms with Crippen molar-refractivity contribution < 1.29 is 5.11 Å². The van der Waals surface area contributed by atoms with Gasteiger partial charge in [-0.15, -0.1) is 0 Å². The van der Waals surface area contributed by atoms with E-state index in [1.54, 1.807) is 0 Å². The van der Waals surface area contributed by atoms with E-state index in [2.05, 4.69) is 52.0 Å². The zero-order valence-corrected chi connectivity index (χ0v) is 13.4. The van der Waals surface area contributed by atoms with Crippen molar-refractivity contribution in [2.75, 3.05) is 11.9 Å². The Labute approximate surface area is 123 Å². The minimum atomic E-state index is -0.570. The van der Waals surface area contributed by atoms with Crippen molar-refractivity contribution in [1.82, 2.24) is 9.97 Å². The normalized spacial score (nSPS) is 18.6. The first kappa shape index (κ1) is 14.7. The smallest absolute Gasteiger partial charge is 0.137 e. The minimum Gasteiger partial charge on any atom is -0.388 e. The summed E-state index contributed by atoms with van der Waals surface area (Å²) in [5, 5.41) is 13.6. The van der Waals surface area contributed by atoms with Gasteiger partial charge in [0.2, 0.25) is 0 Å². The number of anilines is 1. The van der Waals surface area contributed by atoms with Crippen LogP contribution in [0.3, 0.4) is 0 Å². The maximum Gasteiger partial charge on any atom is 0.137 e. The lowest BCUT2D eigenvalue weighted by Crippen LogP contribution is -2.34. The summed E-state index contributed by atoms with van der Waals surface area (Å²) in [5.74, 6) is 1.56. The summed E-state index contributed by atoms with van der Waals surface area (Å²) < 4.78 is 0.772. The predicted octanol–water partition coefficient (Wildman–Crippen LogP) is 3.25. The molecule has 0 atom stereocenters. The number of aliphatic hydroxyl groups is 1. The van der Waals surface area contributed by atoms with Crippen molar-refractivity contribution in [3.05, 3.63) is 16.5 Å². The Hall–Kier alpha value is -0.680. The Kier molecular flexibility index (Phi) is 4.16. The van der Waals surface area contributed by atoms with Crippen LogP contribution in [-0.4, -0.2) is 27.2 Å². The maximum atomic E-state index is 10.3. The molecule has 1 aliphatic carbocycles. The quantitative estimate of drug-likeness (QED) is 0.836. The van der Waals surface area contributed by atoms with Gasteiger partial charge in [0.15, 0.2) is 0 Å². The van der Waals surface area contributed by atoms with Gasteiger partial charge in [0.25, 0.3) is 0 Å². The molecular weight excluding hydrogens is 306 g/mol. The van der Waals surface area contributed by atoms with E-state index in [4.69, 9.17) is 0 Å². The lowest BCUT2D eigenvalue weighted by Gasteiger charge is -2.23. The van der Waals surface area contributed by atoms with Crippen LogP contribution < -0.4 is 5.32 Å². The van der Waals surface area contributed by atoms with Crippen molar-refractivity contribution >= 4 is 21.7 Å². The van der Waals surface area contributed by atoms with E-state index >= 15 is 0 Å². The van der Waals surface area contributed by atoms with Gasteiger partial charge in [-0.3, -0.25) is 0 Å². The fraction of sp³-hybridized carbons (Fsp3) is 0.714. The molecule has 1 aliphatic rings. The fourth-order valence-electron chi connectivity index (χ4n) is 2.31. The molecule has 4 nitrogen and oxygen atoms in total. The Balaban J connectivity index is 2.10. The minimum absolute atomic E-state index is 0.0928. The van der Waals surface area contributed by atoms with Gasteiger partial charge in [-0.25, -0.2) is 9.97 Å². The van der Waals surface area contributed by atoms with Crippen molar-refractivity contribution in [1.29, 1.82) is 0 Å². The summed E-state index contributed by atoms with van der Waals surface area (Å²) in [4.78, 5) is 8.94. The molecule has 0 aromatic carbocycles. The van der Waals surface area contributed by atoms with Crippen LogP contribution in [0, 0.1) is 0 Å². The molecule has 0 saturated heterocycles. The topological polar surface area (TPSA) is 58.0 Å². The van der Waals surface area contributed by atoms with E-state index in [9.17, 15) is 5.11 Å². The molecule has 1 aromatic heterocycles. The fourth-order valence-corrected chi connectivity index (χ4v) is 2.69. The Morgan fingerprint density at radius 1 is 1.32 bits per heavy atom. The number of nitrogens with zero attached hydrogens (tertiary/aromatic N) is 2. The van der Waals surface area contributed by atoms with Crippen LogP contribution in [0.5, 0.6) is 0 Å². The summed E-state index contributed by atoms with van der Waals surface area (Å²) in [6.07, 6.45) is 3.97. The monoisotopic (exact) mass is 327 g/mol. The molecule has 0 radical (unpaired) electrons. The highest BCUT2D eigenvalue weighted by molar-refractivity contribution is 9.10. The van der Waals surface area contributed by atoms with Crippen molar-refractivity contribution in [2.24, 2.45) is 0 Å². The molecule has 2 rings (SSSR count). The highest BCUT2D eigenvalue weighted by atomic mass is 79.9. The molecular formula is C14H22BrN3O. The number of hydrogen-bond acceptors (Lipinski definition) is 4. The molecule has 0 bridgehead atoms. The summed E-state index contributed by atoms with van der Waals surface area (Å²) >= 11 is 3.42. The summed E-state index contributed by atoms with van der Waals surface area (Å²) in [5.41, 5.74) is -0.663. The van der Waals surface area contributed by atoms with Gasteiger partial charge in [-0.2, -0.15) is 0 Å². The lowest BCUT2D eigenvalue weighted by molar-refractivity contribution is 0.0614. The van der Waals surface area contributed by atoms with Crippen LogP contribution in [0.15, 0.2) is 10.7 Å². The first-order valence-electron chi connectivity index (χ1n) is 6.80. The Morgan fingerprint density at radius 3 is 2.53 bits per heavy atom. The second-order valence-electron chi connectivity index (χ2n) is 6.43. The Bertz CT molecular complexity index is 450. The van der Waals surface area contributed by atoms with Crippen molar-refractivity contribution in [3.8, 4) is 0 Å². The molecule has 0 amide bonds. The van der Waals surface area contributed by atoms with Crippen LogP contribution in [0.4, 0.5) is 5.82 Å². The van der Waals surface area contributed by atoms with Crippen LogP contribution in [0.25, 0.3) is 0 Å². The van der Waals surface area contributed by atoms with E-state index < -0.39 is 5.60 Å². The average Bonchev–Trinajstić information content (AvgIpc) is 2.72. The standard InChI is InChI=1S/C14H22BrN3O/c1-13(2,3)12-17-10(15)8-11(18-12)16-9-14(19)6-4-5-7-14/h8,19H,4-7,9H2,1-3H3,(H,16,17,18). The summed E-state index contributed by atoms with van der Waals surface area (Å²) in [6.45, 7) is 6.81. The molecule has 0 unspecified atom stereocenters. The van der Waals surface area contributed by atoms with Gasteiger partial charge >= 0.3 is 0 Å². The average molecular weight is 328 g/mol. The van der Waals surface area contributed by atoms with E-state index in [0.29, 0.717) is 6.54 Å². The third-order valence-electron chi connectivity index (χ3n) is 3.50. The third kappa shape index (κ3) is 3.89. The van der Waals surface area contributed by atoms with E-state index in [-0.39, 0.29) is 5.41 Å². The lowest BCUT2D eigenvalue weighted by atomic mass is 9.96. The van der Waals surface area contributed by atoms with E-state index in [1.165, 1.54) is 0 Å². The van der Waals surface area contributed by atoms with Crippen molar-refractivity contribution in [2.45, 2.75) is 57.5 Å². The molecule has 1 aromatic rings. The van der Waals surface area contributed by atoms with E-state index in [0.717, 1.165) is 41.9 Å². The first-order chi connectivity index (χ1) is 8.78. The van der Waals surface area contributed by atoms with Gasteiger partial charge in [-0.1, -0.05) is 33.6 Å². The van der Waals surface area contributed by atoms with Gasteiger partial charge in [0, 0.05) is 18.0 Å². The number of hydrogen-bond donors (Lipinski definition) is 2. The molecule has 1 saturated carbocycles. The number of rotatable bonds is 3. The Morgan fingerprint density at radius 2 is 1.95 bits per heavy atom. The molecule has 5 heteroatoms. The molecule has 0 spiro atoms. The summed E-state index contributed by atoms with van der Waals surface area (Å²) in [6, 6.07) is 1.85. The molecule has 2 N–H and O–H groups in total. The molecule has 1 heterocycles.